The highest BCUT2D eigenvalue weighted by Gasteiger charge is 2.73. The molecule has 316 valence electrons. The summed E-state index contributed by atoms with van der Waals surface area (Å²) in [6, 6.07) is 0. The molecule has 6 fully saturated rings. The van der Waals surface area contributed by atoms with Crippen LogP contribution in [0.15, 0.2) is 12.2 Å². The summed E-state index contributed by atoms with van der Waals surface area (Å²) in [6.07, 6.45) is -4.69. The van der Waals surface area contributed by atoms with Crippen LogP contribution in [0.2, 0.25) is 0 Å². The van der Waals surface area contributed by atoms with Crippen molar-refractivity contribution >= 4 is 5.78 Å². The number of fused-ring (bicyclic) bond motifs is 5. The molecule has 2 saturated heterocycles. The minimum Gasteiger partial charge on any atom is -0.394 e. The molecular weight excluding hydrogens is 716 g/mol. The Kier molecular flexibility index (Phi) is 12.0. The van der Waals surface area contributed by atoms with Crippen LogP contribution in [-0.2, 0) is 23.7 Å². The SMILES string of the molecule is CC(C)(O)C=CCC(C)(O)C1C(=O)CC2(COC3OC(CO)C(O)C(O)C3O)C1CCC1C3(C)CCC(OC4OCC(O)C(O)C4O)C(C)(C)C3CCC12C. The molecule has 0 amide bonds. The summed E-state index contributed by atoms with van der Waals surface area (Å²) in [7, 11) is 0. The van der Waals surface area contributed by atoms with Crippen molar-refractivity contribution in [1.82, 2.24) is 0 Å². The van der Waals surface area contributed by atoms with E-state index in [0.717, 1.165) is 25.7 Å². The maximum Gasteiger partial charge on any atom is 0.186 e. The zero-order valence-corrected chi connectivity index (χ0v) is 33.6. The molecule has 0 aromatic carbocycles. The average Bonchev–Trinajstić information content (AvgIpc) is 3.41. The highest BCUT2D eigenvalue weighted by Crippen LogP contribution is 2.75. The van der Waals surface area contributed by atoms with Gasteiger partial charge in [-0.1, -0.05) is 39.8 Å². The Morgan fingerprint density at radius 2 is 1.51 bits per heavy atom. The van der Waals surface area contributed by atoms with Crippen LogP contribution in [0.5, 0.6) is 0 Å². The molecule has 6 aliphatic rings. The first-order chi connectivity index (χ1) is 25.4. The molecule has 55 heavy (non-hydrogen) atoms. The molecule has 9 N–H and O–H groups in total. The van der Waals surface area contributed by atoms with Gasteiger partial charge in [0.25, 0.3) is 0 Å². The summed E-state index contributed by atoms with van der Waals surface area (Å²) in [5, 5.41) is 95.4. The van der Waals surface area contributed by atoms with Gasteiger partial charge in [0.2, 0.25) is 0 Å². The summed E-state index contributed by atoms with van der Waals surface area (Å²) in [5.74, 6) is -0.855. The topological polar surface area (TPSA) is 236 Å². The lowest BCUT2D eigenvalue weighted by atomic mass is 9.35. The molecule has 6 rings (SSSR count). The Balaban J connectivity index is 1.33. The first-order valence-corrected chi connectivity index (χ1v) is 20.3. The van der Waals surface area contributed by atoms with Crippen molar-refractivity contribution in [1.29, 1.82) is 0 Å². The maximum absolute atomic E-state index is 14.5. The Labute approximate surface area is 324 Å². The monoisotopic (exact) mass is 784 g/mol. The van der Waals surface area contributed by atoms with E-state index in [9.17, 15) is 50.8 Å². The number of ether oxygens (including phenoxy) is 4. The molecule has 18 atom stereocenters. The minimum absolute atomic E-state index is 0.0217. The number of hydrogen-bond donors (Lipinski definition) is 9. The van der Waals surface area contributed by atoms with E-state index in [2.05, 4.69) is 27.7 Å². The molecule has 14 nitrogen and oxygen atoms in total. The Bertz CT molecular complexity index is 1410. The largest absolute Gasteiger partial charge is 0.394 e. The Hall–Kier alpha value is -1.11. The number of hydrogen-bond acceptors (Lipinski definition) is 14. The maximum atomic E-state index is 14.5. The molecule has 4 aliphatic carbocycles. The number of carbonyl (C=O) groups is 1. The van der Waals surface area contributed by atoms with E-state index in [-0.39, 0.29) is 66.5 Å². The number of aliphatic hydroxyl groups is 9. The normalized spacial score (nSPS) is 49.9. The van der Waals surface area contributed by atoms with Gasteiger partial charge in [-0.3, -0.25) is 4.79 Å². The van der Waals surface area contributed by atoms with Gasteiger partial charge < -0.3 is 64.9 Å². The van der Waals surface area contributed by atoms with E-state index >= 15 is 0 Å². The summed E-state index contributed by atoms with van der Waals surface area (Å²) < 4.78 is 24.3. The first kappa shape index (κ1) is 43.5. The molecule has 2 heterocycles. The van der Waals surface area contributed by atoms with E-state index in [1.807, 2.05) is 0 Å². The van der Waals surface area contributed by atoms with Gasteiger partial charge in [-0.25, -0.2) is 0 Å². The predicted molar refractivity (Wildman–Crippen MR) is 197 cm³/mol. The molecule has 0 aromatic rings. The van der Waals surface area contributed by atoms with Crippen LogP contribution in [0.25, 0.3) is 0 Å². The van der Waals surface area contributed by atoms with Crippen molar-refractivity contribution in [3.63, 3.8) is 0 Å². The quantitative estimate of drug-likeness (QED) is 0.111. The van der Waals surface area contributed by atoms with Crippen LogP contribution in [0.4, 0.5) is 0 Å². The zero-order valence-electron chi connectivity index (χ0n) is 33.6. The zero-order chi connectivity index (χ0) is 40.7. The first-order valence-electron chi connectivity index (χ1n) is 20.3. The average molecular weight is 785 g/mol. The van der Waals surface area contributed by atoms with Crippen molar-refractivity contribution in [2.24, 2.45) is 45.3 Å². The van der Waals surface area contributed by atoms with Gasteiger partial charge in [0.1, 0.15) is 48.5 Å². The number of rotatable bonds is 10. The van der Waals surface area contributed by atoms with Gasteiger partial charge in [-0.2, -0.15) is 0 Å². The standard InChI is InChI=1S/C41H68O14/c1-36(2,50)13-8-14-40(7,51)28-21-9-10-26-38(5)15-12-27(55-34-32(48)29(45)23(44)19-52-34)37(3,4)25(38)11-16-39(26,6)41(21,17-22(28)43)20-53-35-33(49)31(47)30(46)24(18-42)54-35/h8,13,21,23-35,42,44-51H,9-12,14-20H2,1-7H3. The molecule has 0 bridgehead atoms. The third-order valence-corrected chi connectivity index (χ3v) is 15.7. The lowest BCUT2D eigenvalue weighted by molar-refractivity contribution is -0.323. The van der Waals surface area contributed by atoms with E-state index in [1.165, 1.54) is 0 Å². The second kappa shape index (κ2) is 15.2. The predicted octanol–water partition coefficient (Wildman–Crippen LogP) is 0.940. The summed E-state index contributed by atoms with van der Waals surface area (Å²) >= 11 is 0. The molecule has 18 unspecified atom stereocenters. The Morgan fingerprint density at radius 3 is 2.16 bits per heavy atom. The third-order valence-electron chi connectivity index (χ3n) is 15.7. The fourth-order valence-electron chi connectivity index (χ4n) is 12.8. The van der Waals surface area contributed by atoms with E-state index in [0.29, 0.717) is 12.8 Å². The number of ketones is 1. The van der Waals surface area contributed by atoms with Crippen molar-refractivity contribution in [2.45, 2.75) is 172 Å². The molecular formula is C41H68O14. The van der Waals surface area contributed by atoms with Crippen LogP contribution in [-0.4, -0.2) is 144 Å². The molecule has 0 spiro atoms. The highest BCUT2D eigenvalue weighted by molar-refractivity contribution is 5.86. The molecule has 2 aliphatic heterocycles. The lowest BCUT2D eigenvalue weighted by Gasteiger charge is -2.70. The van der Waals surface area contributed by atoms with Gasteiger partial charge in [-0.15, -0.1) is 0 Å². The number of Topliss-reactive ketones (excluding diaryl/α,β-unsaturated/α-hetero) is 1. The lowest BCUT2D eigenvalue weighted by Crippen LogP contribution is -2.66. The summed E-state index contributed by atoms with van der Waals surface area (Å²) in [4.78, 5) is 14.5. The van der Waals surface area contributed by atoms with Crippen LogP contribution in [0.1, 0.15) is 99.8 Å². The van der Waals surface area contributed by atoms with Crippen molar-refractivity contribution in [2.75, 3.05) is 19.8 Å². The summed E-state index contributed by atoms with van der Waals surface area (Å²) in [5.41, 5.74) is -4.46. The van der Waals surface area contributed by atoms with Crippen LogP contribution < -0.4 is 0 Å². The molecule has 14 heteroatoms. The second-order valence-electron chi connectivity index (χ2n) is 19.9. The fourth-order valence-corrected chi connectivity index (χ4v) is 12.8. The fraction of sp³-hybridized carbons (Fsp3) is 0.927. The van der Waals surface area contributed by atoms with Crippen molar-refractivity contribution in [3.8, 4) is 0 Å². The number of carbonyl (C=O) groups excluding carboxylic acids is 1. The van der Waals surface area contributed by atoms with Crippen molar-refractivity contribution < 1.29 is 69.7 Å². The van der Waals surface area contributed by atoms with Crippen molar-refractivity contribution in [3.05, 3.63) is 12.2 Å². The van der Waals surface area contributed by atoms with Gasteiger partial charge in [0.05, 0.1) is 37.1 Å². The highest BCUT2D eigenvalue weighted by atomic mass is 16.7. The van der Waals surface area contributed by atoms with Gasteiger partial charge >= 0.3 is 0 Å². The number of aliphatic hydroxyl groups excluding tert-OH is 7. The molecule has 0 aromatic heterocycles. The van der Waals surface area contributed by atoms with E-state index in [1.54, 1.807) is 32.9 Å². The minimum atomic E-state index is -1.62. The van der Waals surface area contributed by atoms with Gasteiger partial charge in [0.15, 0.2) is 12.6 Å². The van der Waals surface area contributed by atoms with Crippen LogP contribution in [0.3, 0.4) is 0 Å². The molecule has 0 radical (unpaired) electrons. The Morgan fingerprint density at radius 1 is 0.836 bits per heavy atom. The van der Waals surface area contributed by atoms with E-state index < -0.39 is 89.9 Å². The van der Waals surface area contributed by atoms with Crippen LogP contribution >= 0.6 is 0 Å². The van der Waals surface area contributed by atoms with E-state index in [4.69, 9.17) is 18.9 Å². The molecule has 4 saturated carbocycles. The third kappa shape index (κ3) is 7.31. The van der Waals surface area contributed by atoms with Crippen LogP contribution in [0, 0.1) is 45.3 Å². The van der Waals surface area contributed by atoms with Gasteiger partial charge in [0, 0.05) is 17.8 Å². The smallest absolute Gasteiger partial charge is 0.186 e. The second-order valence-corrected chi connectivity index (χ2v) is 19.9. The van der Waals surface area contributed by atoms with Gasteiger partial charge in [-0.05, 0) is 99.7 Å². The summed E-state index contributed by atoms with van der Waals surface area (Å²) in [6.45, 7) is 13.1.